The van der Waals surface area contributed by atoms with Gasteiger partial charge in [0.1, 0.15) is 24.7 Å². The number of ether oxygens (including phenoxy) is 2. The quantitative estimate of drug-likeness (QED) is 0.550. The maximum atomic E-state index is 5.41. The van der Waals surface area contributed by atoms with Crippen LogP contribution in [0, 0.1) is 24.7 Å². The summed E-state index contributed by atoms with van der Waals surface area (Å²) in [6.07, 6.45) is 10.4. The molecule has 110 valence electrons. The second kappa shape index (κ2) is 9.00. The lowest BCUT2D eigenvalue weighted by Crippen LogP contribution is -1.93. The summed E-state index contributed by atoms with van der Waals surface area (Å²) in [5, 5.41) is 0. The van der Waals surface area contributed by atoms with Crippen LogP contribution in [0.2, 0.25) is 0 Å². The third kappa shape index (κ3) is 5.33. The summed E-state index contributed by atoms with van der Waals surface area (Å²) in [6.45, 7) is 0.547. The van der Waals surface area contributed by atoms with E-state index in [2.05, 4.69) is 11.8 Å². The maximum Gasteiger partial charge on any atom is 0.148 e. The Hall–Kier alpha value is -2.14. The van der Waals surface area contributed by atoms with Gasteiger partial charge in [-0.3, -0.25) is 0 Å². The highest BCUT2D eigenvalue weighted by Gasteiger charge is 2.02. The predicted octanol–water partition coefficient (Wildman–Crippen LogP) is 4.51. The smallest absolute Gasteiger partial charge is 0.148 e. The molecule has 0 atom stereocenters. The zero-order valence-electron chi connectivity index (χ0n) is 11.8. The van der Waals surface area contributed by atoms with Gasteiger partial charge in [-0.1, -0.05) is 45.6 Å². The van der Waals surface area contributed by atoms with Gasteiger partial charge in [0, 0.05) is 9.79 Å². The summed E-state index contributed by atoms with van der Waals surface area (Å²) >= 11 is 0. The third-order valence-electron chi connectivity index (χ3n) is 2.49. The monoisotopic (exact) mass is 326 g/mol. The third-order valence-corrected chi connectivity index (χ3v) is 4.87. The van der Waals surface area contributed by atoms with Crippen LogP contribution in [0.5, 0.6) is 11.5 Å². The summed E-state index contributed by atoms with van der Waals surface area (Å²) in [5.74, 6) is 6.45. The van der Waals surface area contributed by atoms with E-state index in [0.717, 1.165) is 21.3 Å². The van der Waals surface area contributed by atoms with Crippen LogP contribution in [-0.4, -0.2) is 13.2 Å². The first-order valence-corrected chi connectivity index (χ1v) is 8.64. The van der Waals surface area contributed by atoms with Gasteiger partial charge in [-0.2, -0.15) is 0 Å². The van der Waals surface area contributed by atoms with Crippen LogP contribution in [0.1, 0.15) is 0 Å². The molecule has 0 amide bonds. The molecule has 0 saturated carbocycles. The zero-order valence-corrected chi connectivity index (χ0v) is 13.5. The van der Waals surface area contributed by atoms with E-state index in [1.54, 1.807) is 21.6 Å². The molecule has 2 aromatic carbocycles. The molecule has 0 N–H and O–H groups in total. The molecule has 0 aliphatic rings. The van der Waals surface area contributed by atoms with Crippen LogP contribution in [0.4, 0.5) is 0 Å². The molecule has 0 aromatic heterocycles. The standard InChI is InChI=1S/C18H14O2S2/c1-3-11-19-15-7-5-9-17(13-15)21-22-18-10-6-8-16(14-18)20-12-4-2/h1-2,5-10,13-14H,11-12H2. The molecule has 0 bridgehead atoms. The van der Waals surface area contributed by atoms with Gasteiger partial charge in [0.05, 0.1) is 0 Å². The van der Waals surface area contributed by atoms with Crippen molar-refractivity contribution in [1.82, 2.24) is 0 Å². The number of benzene rings is 2. The Morgan fingerprint density at radius 1 is 0.773 bits per heavy atom. The van der Waals surface area contributed by atoms with Crippen LogP contribution < -0.4 is 9.47 Å². The van der Waals surface area contributed by atoms with Crippen molar-refractivity contribution in [2.45, 2.75) is 9.79 Å². The molecule has 22 heavy (non-hydrogen) atoms. The summed E-state index contributed by atoms with van der Waals surface area (Å²) in [7, 11) is 3.29. The minimum atomic E-state index is 0.274. The van der Waals surface area contributed by atoms with E-state index < -0.39 is 0 Å². The fourth-order valence-electron chi connectivity index (χ4n) is 1.58. The van der Waals surface area contributed by atoms with Crippen LogP contribution in [-0.2, 0) is 0 Å². The first-order valence-electron chi connectivity index (χ1n) is 6.49. The van der Waals surface area contributed by atoms with E-state index in [-0.39, 0.29) is 13.2 Å². The molecule has 0 unspecified atom stereocenters. The molecule has 0 fully saturated rings. The molecule has 2 aromatic rings. The van der Waals surface area contributed by atoms with Crippen molar-refractivity contribution in [2.75, 3.05) is 13.2 Å². The van der Waals surface area contributed by atoms with Crippen molar-refractivity contribution in [2.24, 2.45) is 0 Å². The van der Waals surface area contributed by atoms with Gasteiger partial charge in [-0.15, -0.1) is 12.8 Å². The highest BCUT2D eigenvalue weighted by Crippen LogP contribution is 2.39. The van der Waals surface area contributed by atoms with Crippen molar-refractivity contribution in [3.05, 3.63) is 48.5 Å². The van der Waals surface area contributed by atoms with Gasteiger partial charge in [-0.05, 0) is 36.4 Å². The summed E-state index contributed by atoms with van der Waals surface area (Å²) in [5.41, 5.74) is 0. The number of rotatable bonds is 7. The lowest BCUT2D eigenvalue weighted by Gasteiger charge is -2.06. The molecule has 0 aliphatic carbocycles. The SMILES string of the molecule is C#CCOc1cccc(SSc2cccc(OCC#C)c2)c1. The fourth-order valence-corrected chi connectivity index (χ4v) is 3.57. The molecule has 0 aliphatic heterocycles. The molecular formula is C18H14O2S2. The first kappa shape index (κ1) is 16.2. The van der Waals surface area contributed by atoms with Crippen LogP contribution in [0.15, 0.2) is 58.3 Å². The van der Waals surface area contributed by atoms with Crippen LogP contribution >= 0.6 is 21.6 Å². The van der Waals surface area contributed by atoms with Crippen molar-refractivity contribution in [3.8, 4) is 36.2 Å². The number of terminal acetylenes is 2. The van der Waals surface area contributed by atoms with Crippen molar-refractivity contribution >= 4 is 21.6 Å². The van der Waals surface area contributed by atoms with E-state index in [4.69, 9.17) is 22.3 Å². The van der Waals surface area contributed by atoms with Gasteiger partial charge in [-0.25, -0.2) is 0 Å². The number of hydrogen-bond donors (Lipinski definition) is 0. The second-order valence-corrected chi connectivity index (χ2v) is 6.38. The molecule has 0 radical (unpaired) electrons. The Balaban J connectivity index is 1.95. The van der Waals surface area contributed by atoms with E-state index in [1.165, 1.54) is 0 Å². The average Bonchev–Trinajstić information content (AvgIpc) is 2.57. The van der Waals surface area contributed by atoms with Gasteiger partial charge in [0.25, 0.3) is 0 Å². The van der Waals surface area contributed by atoms with Gasteiger partial charge < -0.3 is 9.47 Å². The molecule has 0 heterocycles. The van der Waals surface area contributed by atoms with Crippen LogP contribution in [0.25, 0.3) is 0 Å². The summed E-state index contributed by atoms with van der Waals surface area (Å²) in [4.78, 5) is 2.18. The minimum absolute atomic E-state index is 0.274. The highest BCUT2D eigenvalue weighted by atomic mass is 33.1. The van der Waals surface area contributed by atoms with E-state index in [1.807, 2.05) is 48.5 Å². The second-order valence-electron chi connectivity index (χ2n) is 4.10. The Labute approximate surface area is 139 Å². The summed E-state index contributed by atoms with van der Waals surface area (Å²) < 4.78 is 10.8. The Morgan fingerprint density at radius 3 is 1.64 bits per heavy atom. The molecule has 0 saturated heterocycles. The average molecular weight is 326 g/mol. The lowest BCUT2D eigenvalue weighted by molar-refractivity contribution is 0.369. The fraction of sp³-hybridized carbons (Fsp3) is 0.111. The van der Waals surface area contributed by atoms with E-state index >= 15 is 0 Å². The number of hydrogen-bond acceptors (Lipinski definition) is 4. The zero-order chi connectivity index (χ0) is 15.6. The lowest BCUT2D eigenvalue weighted by atomic mass is 10.3. The molecular weight excluding hydrogens is 312 g/mol. The van der Waals surface area contributed by atoms with Crippen molar-refractivity contribution in [3.63, 3.8) is 0 Å². The largest absolute Gasteiger partial charge is 0.481 e. The minimum Gasteiger partial charge on any atom is -0.481 e. The predicted molar refractivity (Wildman–Crippen MR) is 93.3 cm³/mol. The topological polar surface area (TPSA) is 18.5 Å². The van der Waals surface area contributed by atoms with Gasteiger partial charge >= 0.3 is 0 Å². The first-order chi connectivity index (χ1) is 10.8. The van der Waals surface area contributed by atoms with Crippen LogP contribution in [0.3, 0.4) is 0 Å². The van der Waals surface area contributed by atoms with Gasteiger partial charge in [0.15, 0.2) is 0 Å². The Bertz CT molecular complexity index is 637. The van der Waals surface area contributed by atoms with Crippen molar-refractivity contribution in [1.29, 1.82) is 0 Å². The molecule has 0 spiro atoms. The Kier molecular flexibility index (Phi) is 6.64. The maximum absolute atomic E-state index is 5.41. The summed E-state index contributed by atoms with van der Waals surface area (Å²) in [6, 6.07) is 15.7. The highest BCUT2D eigenvalue weighted by molar-refractivity contribution is 8.76. The molecule has 2 nitrogen and oxygen atoms in total. The molecule has 4 heteroatoms. The van der Waals surface area contributed by atoms with Crippen molar-refractivity contribution < 1.29 is 9.47 Å². The normalized spacial score (nSPS) is 9.55. The van der Waals surface area contributed by atoms with E-state index in [0.29, 0.717) is 0 Å². The van der Waals surface area contributed by atoms with E-state index in [9.17, 15) is 0 Å². The Morgan fingerprint density at radius 2 is 1.23 bits per heavy atom. The van der Waals surface area contributed by atoms with Gasteiger partial charge in [0.2, 0.25) is 0 Å². The molecule has 2 rings (SSSR count).